The summed E-state index contributed by atoms with van der Waals surface area (Å²) in [5.74, 6) is 0.817. The monoisotopic (exact) mass is 257 g/mol. The van der Waals surface area contributed by atoms with Crippen molar-refractivity contribution in [2.24, 2.45) is 0 Å². The summed E-state index contributed by atoms with van der Waals surface area (Å²) in [6.07, 6.45) is 0.281. The van der Waals surface area contributed by atoms with Crippen LogP contribution in [0.25, 0.3) is 0 Å². The first kappa shape index (κ1) is 14.3. The molecule has 2 atom stereocenters. The van der Waals surface area contributed by atoms with E-state index in [0.717, 1.165) is 11.3 Å². The molecule has 96 valence electrons. The van der Waals surface area contributed by atoms with Gasteiger partial charge in [0.05, 0.1) is 12.7 Å². The summed E-state index contributed by atoms with van der Waals surface area (Å²) >= 11 is 5.98. The van der Waals surface area contributed by atoms with Gasteiger partial charge in [-0.05, 0) is 39.1 Å². The van der Waals surface area contributed by atoms with Gasteiger partial charge in [0.25, 0.3) is 0 Å². The van der Waals surface area contributed by atoms with E-state index in [1.807, 2.05) is 32.2 Å². The Bertz CT molecular complexity index is 355. The normalized spacial score (nSPS) is 14.4. The van der Waals surface area contributed by atoms with E-state index in [0.29, 0.717) is 18.1 Å². The zero-order valence-corrected chi connectivity index (χ0v) is 11.3. The molecule has 1 rings (SSSR count). The second kappa shape index (κ2) is 6.84. The van der Waals surface area contributed by atoms with Gasteiger partial charge in [-0.15, -0.1) is 0 Å². The first-order valence-corrected chi connectivity index (χ1v) is 6.20. The lowest BCUT2D eigenvalue weighted by Crippen LogP contribution is -2.15. The first-order chi connectivity index (χ1) is 8.04. The van der Waals surface area contributed by atoms with Gasteiger partial charge in [-0.1, -0.05) is 11.6 Å². The van der Waals surface area contributed by atoms with Crippen LogP contribution >= 0.6 is 11.6 Å². The molecule has 1 aromatic rings. The average molecular weight is 258 g/mol. The molecule has 0 aliphatic heterocycles. The van der Waals surface area contributed by atoms with Crippen molar-refractivity contribution < 1.29 is 9.84 Å². The largest absolute Gasteiger partial charge is 0.493 e. The van der Waals surface area contributed by atoms with Crippen LogP contribution in [0.1, 0.15) is 31.9 Å². The van der Waals surface area contributed by atoms with Gasteiger partial charge in [0.15, 0.2) is 0 Å². The highest BCUT2D eigenvalue weighted by molar-refractivity contribution is 6.30. The van der Waals surface area contributed by atoms with E-state index in [9.17, 15) is 5.11 Å². The number of benzene rings is 1. The molecule has 0 aromatic heterocycles. The number of aliphatic hydroxyl groups excluding tert-OH is 1. The van der Waals surface area contributed by atoms with Gasteiger partial charge in [0.1, 0.15) is 5.75 Å². The van der Waals surface area contributed by atoms with Crippen molar-refractivity contribution in [1.29, 1.82) is 0 Å². The molecule has 1 aromatic carbocycles. The van der Waals surface area contributed by atoms with Crippen LogP contribution in [0.2, 0.25) is 5.02 Å². The Kier molecular flexibility index (Phi) is 5.75. The molecule has 0 heterocycles. The van der Waals surface area contributed by atoms with Gasteiger partial charge in [-0.25, -0.2) is 0 Å². The molecule has 3 nitrogen and oxygen atoms in total. The van der Waals surface area contributed by atoms with Gasteiger partial charge in [0, 0.05) is 23.0 Å². The van der Waals surface area contributed by atoms with Crippen molar-refractivity contribution in [3.05, 3.63) is 28.8 Å². The quantitative estimate of drug-likeness (QED) is 0.824. The number of aliphatic hydroxyl groups is 1. The molecule has 0 saturated carbocycles. The minimum Gasteiger partial charge on any atom is -0.493 e. The molecule has 0 radical (unpaired) electrons. The fourth-order valence-electron chi connectivity index (χ4n) is 1.48. The van der Waals surface area contributed by atoms with Crippen molar-refractivity contribution in [3.63, 3.8) is 0 Å². The average Bonchev–Trinajstić information content (AvgIpc) is 2.29. The molecule has 17 heavy (non-hydrogen) atoms. The minimum absolute atomic E-state index is 0.176. The van der Waals surface area contributed by atoms with Crippen molar-refractivity contribution in [1.82, 2.24) is 5.32 Å². The zero-order valence-electron chi connectivity index (χ0n) is 10.5. The third kappa shape index (κ3) is 4.54. The molecule has 2 N–H and O–H groups in total. The SMILES string of the molecule is CNC(C)c1cc(Cl)ccc1OCCC(C)O. The molecule has 0 amide bonds. The summed E-state index contributed by atoms with van der Waals surface area (Å²) in [5.41, 5.74) is 1.03. The first-order valence-electron chi connectivity index (χ1n) is 5.82. The molecule has 0 aliphatic carbocycles. The highest BCUT2D eigenvalue weighted by Gasteiger charge is 2.11. The maximum atomic E-state index is 9.19. The second-order valence-corrected chi connectivity index (χ2v) is 4.62. The lowest BCUT2D eigenvalue weighted by molar-refractivity contribution is 0.155. The maximum Gasteiger partial charge on any atom is 0.124 e. The van der Waals surface area contributed by atoms with Gasteiger partial charge in [-0.3, -0.25) is 0 Å². The molecular weight excluding hydrogens is 238 g/mol. The summed E-state index contributed by atoms with van der Waals surface area (Å²) in [7, 11) is 1.89. The van der Waals surface area contributed by atoms with Crippen molar-refractivity contribution in [2.45, 2.75) is 32.4 Å². The summed E-state index contributed by atoms with van der Waals surface area (Å²) in [6, 6.07) is 5.76. The Morgan fingerprint density at radius 2 is 2.12 bits per heavy atom. The van der Waals surface area contributed by atoms with Crippen LogP contribution < -0.4 is 10.1 Å². The number of halogens is 1. The molecular formula is C13H20ClNO2. The number of rotatable bonds is 6. The Morgan fingerprint density at radius 3 is 2.71 bits per heavy atom. The third-order valence-corrected chi connectivity index (χ3v) is 2.90. The summed E-state index contributed by atoms with van der Waals surface area (Å²) in [4.78, 5) is 0. The molecule has 0 saturated heterocycles. The molecule has 0 fully saturated rings. The highest BCUT2D eigenvalue weighted by Crippen LogP contribution is 2.28. The molecule has 4 heteroatoms. The lowest BCUT2D eigenvalue weighted by Gasteiger charge is -2.17. The lowest BCUT2D eigenvalue weighted by atomic mass is 10.1. The Morgan fingerprint density at radius 1 is 1.41 bits per heavy atom. The zero-order chi connectivity index (χ0) is 12.8. The van der Waals surface area contributed by atoms with Gasteiger partial charge in [-0.2, -0.15) is 0 Å². The van der Waals surface area contributed by atoms with Crippen molar-refractivity contribution in [2.75, 3.05) is 13.7 Å². The van der Waals surface area contributed by atoms with Crippen LogP contribution in [-0.2, 0) is 0 Å². The topological polar surface area (TPSA) is 41.5 Å². The minimum atomic E-state index is -0.340. The van der Waals surface area contributed by atoms with Gasteiger partial charge >= 0.3 is 0 Å². The van der Waals surface area contributed by atoms with E-state index in [2.05, 4.69) is 5.32 Å². The Hall–Kier alpha value is -0.770. The highest BCUT2D eigenvalue weighted by atomic mass is 35.5. The van der Waals surface area contributed by atoms with Crippen molar-refractivity contribution in [3.8, 4) is 5.75 Å². The van der Waals surface area contributed by atoms with Crippen LogP contribution in [-0.4, -0.2) is 24.9 Å². The Balaban J connectivity index is 2.76. The van der Waals surface area contributed by atoms with E-state index in [1.54, 1.807) is 6.92 Å². The van der Waals surface area contributed by atoms with E-state index in [-0.39, 0.29) is 12.1 Å². The van der Waals surface area contributed by atoms with Gasteiger partial charge in [0.2, 0.25) is 0 Å². The second-order valence-electron chi connectivity index (χ2n) is 4.18. The summed E-state index contributed by atoms with van der Waals surface area (Å²) < 4.78 is 5.67. The van der Waals surface area contributed by atoms with E-state index < -0.39 is 0 Å². The number of ether oxygens (including phenoxy) is 1. The standard InChI is InChI=1S/C13H20ClNO2/c1-9(16)6-7-17-13-5-4-11(14)8-12(13)10(2)15-3/h4-5,8-10,15-16H,6-7H2,1-3H3. The fourth-order valence-corrected chi connectivity index (χ4v) is 1.66. The number of hydrogen-bond acceptors (Lipinski definition) is 3. The summed E-state index contributed by atoms with van der Waals surface area (Å²) in [5, 5.41) is 13.0. The van der Waals surface area contributed by atoms with Crippen LogP contribution in [0.3, 0.4) is 0 Å². The third-order valence-electron chi connectivity index (χ3n) is 2.66. The van der Waals surface area contributed by atoms with Crippen LogP contribution in [0.4, 0.5) is 0 Å². The van der Waals surface area contributed by atoms with E-state index in [4.69, 9.17) is 16.3 Å². The Labute approximate surface area is 108 Å². The van der Waals surface area contributed by atoms with Crippen LogP contribution in [0, 0.1) is 0 Å². The van der Waals surface area contributed by atoms with Crippen LogP contribution in [0.15, 0.2) is 18.2 Å². The number of nitrogens with one attached hydrogen (secondary N) is 1. The predicted molar refractivity (Wildman–Crippen MR) is 70.7 cm³/mol. The molecule has 0 spiro atoms. The van der Waals surface area contributed by atoms with E-state index in [1.165, 1.54) is 0 Å². The molecule has 0 bridgehead atoms. The molecule has 0 aliphatic rings. The van der Waals surface area contributed by atoms with Crippen LogP contribution in [0.5, 0.6) is 5.75 Å². The smallest absolute Gasteiger partial charge is 0.124 e. The number of hydrogen-bond donors (Lipinski definition) is 2. The molecule has 2 unspecified atom stereocenters. The van der Waals surface area contributed by atoms with E-state index >= 15 is 0 Å². The van der Waals surface area contributed by atoms with Crippen molar-refractivity contribution >= 4 is 11.6 Å². The van der Waals surface area contributed by atoms with Gasteiger partial charge < -0.3 is 15.2 Å². The summed E-state index contributed by atoms with van der Waals surface area (Å²) in [6.45, 7) is 4.30. The predicted octanol–water partition coefficient (Wildman–Crippen LogP) is 2.77. The fraction of sp³-hybridized carbons (Fsp3) is 0.538. The maximum absolute atomic E-state index is 9.19.